The van der Waals surface area contributed by atoms with Gasteiger partial charge in [0, 0.05) is 18.0 Å². The summed E-state index contributed by atoms with van der Waals surface area (Å²) in [6.07, 6.45) is 3.50. The monoisotopic (exact) mass is 403 g/mol. The highest BCUT2D eigenvalue weighted by atomic mass is 32.1. The van der Waals surface area contributed by atoms with Crippen LogP contribution in [0.1, 0.15) is 27.0 Å². The Morgan fingerprint density at radius 3 is 2.62 bits per heavy atom. The van der Waals surface area contributed by atoms with Crippen molar-refractivity contribution < 1.29 is 9.53 Å². The number of pyridine rings is 1. The smallest absolute Gasteiger partial charge is 0.260 e. The van der Waals surface area contributed by atoms with Crippen LogP contribution in [0.2, 0.25) is 0 Å². The molecule has 0 aliphatic heterocycles. The molecule has 2 aromatic carbocycles. The van der Waals surface area contributed by atoms with E-state index < -0.39 is 0 Å². The van der Waals surface area contributed by atoms with Crippen molar-refractivity contribution in [2.75, 3.05) is 12.0 Å². The molecule has 0 spiro atoms. The molecular weight excluding hydrogens is 382 g/mol. The Hall–Kier alpha value is -3.25. The number of methoxy groups -OCH3 is 1. The lowest BCUT2D eigenvalue weighted by Crippen LogP contribution is -2.30. The molecule has 0 aliphatic rings. The second-order valence-electron chi connectivity index (χ2n) is 6.91. The molecule has 2 heterocycles. The van der Waals surface area contributed by atoms with Crippen LogP contribution in [-0.4, -0.2) is 23.0 Å². The summed E-state index contributed by atoms with van der Waals surface area (Å²) in [5.41, 5.74) is 4.78. The molecule has 0 saturated carbocycles. The van der Waals surface area contributed by atoms with Gasteiger partial charge in [-0.25, -0.2) is 4.98 Å². The summed E-state index contributed by atoms with van der Waals surface area (Å²) in [6.45, 7) is 4.53. The van der Waals surface area contributed by atoms with Gasteiger partial charge in [-0.1, -0.05) is 23.5 Å². The molecule has 5 nitrogen and oxygen atoms in total. The molecule has 0 radical (unpaired) electrons. The fourth-order valence-corrected chi connectivity index (χ4v) is 4.28. The van der Waals surface area contributed by atoms with Gasteiger partial charge in [0.25, 0.3) is 5.91 Å². The van der Waals surface area contributed by atoms with Gasteiger partial charge in [-0.2, -0.15) is 0 Å². The molecule has 0 fully saturated rings. The molecular formula is C23H21N3O2S. The summed E-state index contributed by atoms with van der Waals surface area (Å²) in [6, 6.07) is 15.2. The summed E-state index contributed by atoms with van der Waals surface area (Å²) in [5.74, 6) is 0.608. The maximum absolute atomic E-state index is 13.4. The van der Waals surface area contributed by atoms with Gasteiger partial charge in [-0.05, 0) is 66.9 Å². The standard InChI is InChI=1S/C23H21N3O2S/c1-15-11-16(2)21-20(12-15)25-23(29-21)26(14-17-5-4-10-24-13-17)22(27)18-6-8-19(28-3)9-7-18/h4-13H,14H2,1-3H3. The maximum Gasteiger partial charge on any atom is 0.260 e. The third-order valence-corrected chi connectivity index (χ3v) is 5.91. The van der Waals surface area contributed by atoms with Crippen molar-refractivity contribution >= 4 is 32.6 Å². The quantitative estimate of drug-likeness (QED) is 0.462. The average Bonchev–Trinajstić information content (AvgIpc) is 3.16. The molecule has 4 aromatic rings. The van der Waals surface area contributed by atoms with Crippen molar-refractivity contribution in [3.8, 4) is 5.75 Å². The summed E-state index contributed by atoms with van der Waals surface area (Å²) < 4.78 is 6.31. The van der Waals surface area contributed by atoms with Gasteiger partial charge in [0.2, 0.25) is 0 Å². The van der Waals surface area contributed by atoms with Crippen molar-refractivity contribution in [3.63, 3.8) is 0 Å². The Labute approximate surface area is 173 Å². The molecule has 4 rings (SSSR count). The van der Waals surface area contributed by atoms with Crippen LogP contribution in [0.5, 0.6) is 5.75 Å². The Morgan fingerprint density at radius 1 is 1.14 bits per heavy atom. The number of hydrogen-bond acceptors (Lipinski definition) is 5. The zero-order valence-electron chi connectivity index (χ0n) is 16.5. The number of benzene rings is 2. The van der Waals surface area contributed by atoms with Crippen LogP contribution in [-0.2, 0) is 6.54 Å². The van der Waals surface area contributed by atoms with Gasteiger partial charge in [0.15, 0.2) is 5.13 Å². The van der Waals surface area contributed by atoms with Crippen molar-refractivity contribution in [2.45, 2.75) is 20.4 Å². The summed E-state index contributed by atoms with van der Waals surface area (Å²) in [4.78, 5) is 24.1. The van der Waals surface area contributed by atoms with E-state index in [4.69, 9.17) is 9.72 Å². The number of fused-ring (bicyclic) bond motifs is 1. The van der Waals surface area contributed by atoms with Crippen molar-refractivity contribution in [1.29, 1.82) is 0 Å². The van der Waals surface area contributed by atoms with E-state index in [0.717, 1.165) is 21.3 Å². The number of amides is 1. The Kier molecular flexibility index (Phi) is 5.27. The first kappa shape index (κ1) is 19.1. The number of nitrogens with zero attached hydrogens (tertiary/aromatic N) is 3. The third kappa shape index (κ3) is 3.98. The van der Waals surface area contributed by atoms with Crippen molar-refractivity contribution in [3.05, 3.63) is 83.2 Å². The number of hydrogen-bond donors (Lipinski definition) is 0. The van der Waals surface area contributed by atoms with E-state index in [2.05, 4.69) is 31.0 Å². The number of ether oxygens (including phenoxy) is 1. The van der Waals surface area contributed by atoms with E-state index in [1.165, 1.54) is 16.9 Å². The minimum Gasteiger partial charge on any atom is -0.497 e. The van der Waals surface area contributed by atoms with E-state index >= 15 is 0 Å². The second kappa shape index (κ2) is 8.01. The maximum atomic E-state index is 13.4. The number of anilines is 1. The molecule has 0 bridgehead atoms. The molecule has 2 aromatic heterocycles. The van der Waals surface area contributed by atoms with Crippen molar-refractivity contribution in [2.24, 2.45) is 0 Å². The fourth-order valence-electron chi connectivity index (χ4n) is 3.27. The van der Waals surface area contributed by atoms with Crippen LogP contribution in [0.15, 0.2) is 60.9 Å². The van der Waals surface area contributed by atoms with Crippen molar-refractivity contribution in [1.82, 2.24) is 9.97 Å². The molecule has 6 heteroatoms. The molecule has 0 unspecified atom stereocenters. The number of rotatable bonds is 5. The summed E-state index contributed by atoms with van der Waals surface area (Å²) in [5, 5.41) is 0.679. The number of carbonyl (C=O) groups is 1. The number of aromatic nitrogens is 2. The van der Waals surface area contributed by atoms with Crippen LogP contribution < -0.4 is 9.64 Å². The minimum atomic E-state index is -0.107. The lowest BCUT2D eigenvalue weighted by Gasteiger charge is -2.20. The molecule has 0 saturated heterocycles. The lowest BCUT2D eigenvalue weighted by molar-refractivity contribution is 0.0985. The van der Waals surface area contributed by atoms with Gasteiger partial charge in [-0.15, -0.1) is 0 Å². The first-order valence-electron chi connectivity index (χ1n) is 9.28. The minimum absolute atomic E-state index is 0.107. The molecule has 0 atom stereocenters. The predicted molar refractivity (Wildman–Crippen MR) is 117 cm³/mol. The topological polar surface area (TPSA) is 55.3 Å². The van der Waals surface area contributed by atoms with Gasteiger partial charge in [0.05, 0.1) is 23.9 Å². The first-order chi connectivity index (χ1) is 14.0. The Balaban J connectivity index is 1.77. The summed E-state index contributed by atoms with van der Waals surface area (Å²) in [7, 11) is 1.61. The Bertz CT molecular complexity index is 1150. The highest BCUT2D eigenvalue weighted by molar-refractivity contribution is 7.22. The normalized spacial score (nSPS) is 10.9. The number of aryl methyl sites for hydroxylation is 2. The van der Waals surface area contributed by atoms with Crippen LogP contribution in [0, 0.1) is 13.8 Å². The molecule has 1 amide bonds. The number of carbonyl (C=O) groups excluding carboxylic acids is 1. The van der Waals surface area contributed by atoms with Crippen LogP contribution >= 0.6 is 11.3 Å². The number of thiazole rings is 1. The highest BCUT2D eigenvalue weighted by Gasteiger charge is 2.22. The fraction of sp³-hybridized carbons (Fsp3) is 0.174. The SMILES string of the molecule is COc1ccc(C(=O)N(Cc2cccnc2)c2nc3cc(C)cc(C)c3s2)cc1. The molecule has 0 N–H and O–H groups in total. The first-order valence-corrected chi connectivity index (χ1v) is 10.1. The van der Waals surface area contributed by atoms with E-state index in [-0.39, 0.29) is 5.91 Å². The third-order valence-electron chi connectivity index (χ3n) is 4.69. The zero-order valence-corrected chi connectivity index (χ0v) is 17.4. The highest BCUT2D eigenvalue weighted by Crippen LogP contribution is 2.33. The van der Waals surface area contributed by atoms with Gasteiger partial charge in [0.1, 0.15) is 5.75 Å². The lowest BCUT2D eigenvalue weighted by atomic mass is 10.1. The molecule has 146 valence electrons. The zero-order chi connectivity index (χ0) is 20.4. The second-order valence-corrected chi connectivity index (χ2v) is 7.89. The average molecular weight is 404 g/mol. The largest absolute Gasteiger partial charge is 0.497 e. The van der Waals surface area contributed by atoms with E-state index in [1.807, 2.05) is 12.1 Å². The Morgan fingerprint density at radius 2 is 1.93 bits per heavy atom. The van der Waals surface area contributed by atoms with Gasteiger partial charge in [-0.3, -0.25) is 14.7 Å². The van der Waals surface area contributed by atoms with Crippen LogP contribution in [0.4, 0.5) is 5.13 Å². The van der Waals surface area contributed by atoms with E-state index in [1.54, 1.807) is 48.7 Å². The van der Waals surface area contributed by atoms with Gasteiger partial charge >= 0.3 is 0 Å². The summed E-state index contributed by atoms with van der Waals surface area (Å²) >= 11 is 1.54. The van der Waals surface area contributed by atoms with Crippen LogP contribution in [0.25, 0.3) is 10.2 Å². The molecule has 29 heavy (non-hydrogen) atoms. The molecule has 0 aliphatic carbocycles. The van der Waals surface area contributed by atoms with E-state index in [0.29, 0.717) is 23.0 Å². The van der Waals surface area contributed by atoms with Gasteiger partial charge < -0.3 is 4.74 Å². The van der Waals surface area contributed by atoms with Crippen LogP contribution in [0.3, 0.4) is 0 Å². The predicted octanol–water partition coefficient (Wildman–Crippen LogP) is 5.16. The van der Waals surface area contributed by atoms with E-state index in [9.17, 15) is 4.79 Å².